The third kappa shape index (κ3) is 4.20. The molecule has 0 aliphatic heterocycles. The lowest BCUT2D eigenvalue weighted by molar-refractivity contribution is 0.569. The molecule has 16 heavy (non-hydrogen) atoms. The normalized spacial score (nSPS) is 11.9. The third-order valence-corrected chi connectivity index (χ3v) is 2.99. The first kappa shape index (κ1) is 13.0. The zero-order valence-corrected chi connectivity index (χ0v) is 12.2. The molecule has 1 rings (SSSR count). The van der Waals surface area contributed by atoms with Gasteiger partial charge in [0, 0.05) is 22.9 Å². The second-order valence-corrected chi connectivity index (χ2v) is 10.9. The second-order valence-electron chi connectivity index (χ2n) is 6.18. The molecule has 1 aromatic heterocycles. The van der Waals surface area contributed by atoms with Gasteiger partial charge in [0.05, 0.1) is 0 Å². The van der Waals surface area contributed by atoms with Crippen molar-refractivity contribution in [3.63, 3.8) is 0 Å². The highest BCUT2D eigenvalue weighted by atomic mass is 28.3. The fourth-order valence-electron chi connectivity index (χ4n) is 1.17. The Morgan fingerprint density at radius 3 is 2.12 bits per heavy atom. The number of pyridine rings is 1. The molecule has 0 N–H and O–H groups in total. The summed E-state index contributed by atoms with van der Waals surface area (Å²) < 4.78 is 0. The van der Waals surface area contributed by atoms with Crippen LogP contribution in [0.15, 0.2) is 18.3 Å². The Balaban J connectivity index is 2.91. The van der Waals surface area contributed by atoms with Gasteiger partial charge in [-0.25, -0.2) is 0 Å². The van der Waals surface area contributed by atoms with Crippen molar-refractivity contribution in [3.05, 3.63) is 29.6 Å². The van der Waals surface area contributed by atoms with Crippen molar-refractivity contribution < 1.29 is 0 Å². The lowest BCUT2D eigenvalue weighted by atomic mass is 9.91. The minimum Gasteiger partial charge on any atom is -0.259 e. The predicted molar refractivity (Wildman–Crippen MR) is 73.2 cm³/mol. The standard InChI is InChI=1S/C14H21NSi/c1-14(2,3)13-8-7-12(11-15-13)9-10-16(4,5)6/h7-8,11H,1-6H3. The average molecular weight is 231 g/mol. The van der Waals surface area contributed by atoms with E-state index in [4.69, 9.17) is 0 Å². The molecule has 0 fully saturated rings. The smallest absolute Gasteiger partial charge is 0.129 e. The summed E-state index contributed by atoms with van der Waals surface area (Å²) in [5.74, 6) is 3.21. The van der Waals surface area contributed by atoms with Crippen molar-refractivity contribution in [2.75, 3.05) is 0 Å². The van der Waals surface area contributed by atoms with Crippen LogP contribution in [0.1, 0.15) is 32.0 Å². The highest BCUT2D eigenvalue weighted by molar-refractivity contribution is 6.83. The van der Waals surface area contributed by atoms with Gasteiger partial charge in [-0.2, -0.15) is 0 Å². The maximum atomic E-state index is 4.46. The molecule has 0 bridgehead atoms. The summed E-state index contributed by atoms with van der Waals surface area (Å²) in [5.41, 5.74) is 5.60. The molecule has 0 unspecified atom stereocenters. The predicted octanol–water partition coefficient (Wildman–Crippen LogP) is 3.61. The third-order valence-electron chi connectivity index (χ3n) is 2.11. The molecule has 1 nitrogen and oxygen atoms in total. The topological polar surface area (TPSA) is 12.9 Å². The molecule has 86 valence electrons. The Kier molecular flexibility index (Phi) is 3.60. The van der Waals surface area contributed by atoms with Gasteiger partial charge in [0.1, 0.15) is 8.07 Å². The quantitative estimate of drug-likeness (QED) is 0.491. The number of hydrogen-bond acceptors (Lipinski definition) is 1. The van der Waals surface area contributed by atoms with E-state index < -0.39 is 8.07 Å². The van der Waals surface area contributed by atoms with Crippen molar-refractivity contribution >= 4 is 8.07 Å². The van der Waals surface area contributed by atoms with E-state index in [1.54, 1.807) is 0 Å². The van der Waals surface area contributed by atoms with Crippen LogP contribution in [-0.2, 0) is 5.41 Å². The van der Waals surface area contributed by atoms with Crippen molar-refractivity contribution in [2.45, 2.75) is 45.8 Å². The van der Waals surface area contributed by atoms with E-state index in [9.17, 15) is 0 Å². The summed E-state index contributed by atoms with van der Waals surface area (Å²) in [4.78, 5) is 4.46. The maximum Gasteiger partial charge on any atom is 0.129 e. The Morgan fingerprint density at radius 2 is 1.75 bits per heavy atom. The number of hydrogen-bond donors (Lipinski definition) is 0. The summed E-state index contributed by atoms with van der Waals surface area (Å²) >= 11 is 0. The van der Waals surface area contributed by atoms with Crippen molar-refractivity contribution in [1.29, 1.82) is 0 Å². The molecule has 0 saturated heterocycles. The van der Waals surface area contributed by atoms with Crippen LogP contribution >= 0.6 is 0 Å². The Labute approximate surface area is 100 Å². The molecule has 1 heterocycles. The molecular weight excluding hydrogens is 210 g/mol. The van der Waals surface area contributed by atoms with Gasteiger partial charge in [0.15, 0.2) is 0 Å². The summed E-state index contributed by atoms with van der Waals surface area (Å²) in [7, 11) is -1.28. The van der Waals surface area contributed by atoms with Crippen molar-refractivity contribution in [2.24, 2.45) is 0 Å². The van der Waals surface area contributed by atoms with Gasteiger partial charge in [0.2, 0.25) is 0 Å². The van der Waals surface area contributed by atoms with E-state index in [0.717, 1.165) is 11.3 Å². The van der Waals surface area contributed by atoms with E-state index in [1.165, 1.54) is 0 Å². The molecule has 0 amide bonds. The molecule has 0 aliphatic rings. The summed E-state index contributed by atoms with van der Waals surface area (Å²) in [6, 6.07) is 4.15. The molecule has 1 aromatic rings. The number of rotatable bonds is 0. The first-order valence-corrected chi connectivity index (χ1v) is 9.18. The van der Waals surface area contributed by atoms with Gasteiger partial charge >= 0.3 is 0 Å². The molecule has 0 aliphatic carbocycles. The van der Waals surface area contributed by atoms with Gasteiger partial charge < -0.3 is 0 Å². The van der Waals surface area contributed by atoms with E-state index in [1.807, 2.05) is 6.20 Å². The Hall–Kier alpha value is -1.07. The van der Waals surface area contributed by atoms with Crippen LogP contribution in [0.2, 0.25) is 19.6 Å². The van der Waals surface area contributed by atoms with Crippen molar-refractivity contribution in [3.8, 4) is 11.5 Å². The highest BCUT2D eigenvalue weighted by Crippen LogP contribution is 2.19. The number of nitrogens with zero attached hydrogens (tertiary/aromatic N) is 1. The van der Waals surface area contributed by atoms with Gasteiger partial charge in [-0.1, -0.05) is 46.3 Å². The van der Waals surface area contributed by atoms with Crippen LogP contribution in [0, 0.1) is 11.5 Å². The SMILES string of the molecule is CC(C)(C)c1ccc(C#C[Si](C)(C)C)cn1. The van der Waals surface area contributed by atoms with Crippen LogP contribution in [0.25, 0.3) is 0 Å². The minimum atomic E-state index is -1.28. The lowest BCUT2D eigenvalue weighted by Crippen LogP contribution is -2.16. The van der Waals surface area contributed by atoms with Gasteiger partial charge in [-0.3, -0.25) is 4.98 Å². The molecule has 0 radical (unpaired) electrons. The van der Waals surface area contributed by atoms with E-state index >= 15 is 0 Å². The Bertz CT molecular complexity index is 407. The van der Waals surface area contributed by atoms with Crippen LogP contribution in [0.4, 0.5) is 0 Å². The summed E-state index contributed by atoms with van der Waals surface area (Å²) in [6.07, 6.45) is 1.88. The van der Waals surface area contributed by atoms with Crippen LogP contribution in [-0.4, -0.2) is 13.1 Å². The van der Waals surface area contributed by atoms with Gasteiger partial charge in [-0.15, -0.1) is 5.54 Å². The van der Waals surface area contributed by atoms with E-state index in [-0.39, 0.29) is 5.41 Å². The van der Waals surface area contributed by atoms with E-state index in [0.29, 0.717) is 0 Å². The second kappa shape index (κ2) is 4.43. The van der Waals surface area contributed by atoms with E-state index in [2.05, 4.69) is 69.0 Å². The first-order valence-electron chi connectivity index (χ1n) is 5.68. The molecular formula is C14H21NSi. The first-order chi connectivity index (χ1) is 7.18. The monoisotopic (exact) mass is 231 g/mol. The zero-order chi connectivity index (χ0) is 12.4. The van der Waals surface area contributed by atoms with Crippen molar-refractivity contribution in [1.82, 2.24) is 4.98 Å². The van der Waals surface area contributed by atoms with Crippen LogP contribution in [0.5, 0.6) is 0 Å². The fraction of sp³-hybridized carbons (Fsp3) is 0.500. The maximum absolute atomic E-state index is 4.46. The zero-order valence-electron chi connectivity index (χ0n) is 11.2. The summed E-state index contributed by atoms with van der Waals surface area (Å²) in [5, 5.41) is 0. The number of aromatic nitrogens is 1. The van der Waals surface area contributed by atoms with Crippen LogP contribution in [0.3, 0.4) is 0 Å². The Morgan fingerprint density at radius 1 is 1.12 bits per heavy atom. The van der Waals surface area contributed by atoms with Gasteiger partial charge in [0.25, 0.3) is 0 Å². The van der Waals surface area contributed by atoms with Crippen LogP contribution < -0.4 is 0 Å². The average Bonchev–Trinajstić information content (AvgIpc) is 2.13. The summed E-state index contributed by atoms with van der Waals surface area (Å²) in [6.45, 7) is 13.2. The molecule has 2 heteroatoms. The highest BCUT2D eigenvalue weighted by Gasteiger charge is 2.14. The fourth-order valence-corrected chi connectivity index (χ4v) is 1.69. The molecule has 0 atom stereocenters. The molecule has 0 spiro atoms. The largest absolute Gasteiger partial charge is 0.259 e. The lowest BCUT2D eigenvalue weighted by Gasteiger charge is -2.17. The van der Waals surface area contributed by atoms with Gasteiger partial charge in [-0.05, 0) is 12.1 Å². The minimum absolute atomic E-state index is 0.116. The molecule has 0 saturated carbocycles. The molecule has 0 aromatic carbocycles.